The summed E-state index contributed by atoms with van der Waals surface area (Å²) in [5, 5.41) is 4.77. The number of amides is 3. The molecule has 2 aliphatic heterocycles. The molecule has 0 aromatic carbocycles. The monoisotopic (exact) mass is 422 g/mol. The summed E-state index contributed by atoms with van der Waals surface area (Å²) in [5.41, 5.74) is 0. The lowest BCUT2D eigenvalue weighted by molar-refractivity contribution is -0.137. The predicted molar refractivity (Wildman–Crippen MR) is 111 cm³/mol. The number of ether oxygens (including phenoxy) is 1. The Morgan fingerprint density at radius 2 is 2.00 bits per heavy atom. The van der Waals surface area contributed by atoms with E-state index < -0.39 is 0 Å². The minimum atomic E-state index is -0.361. The molecular formula is C20H30N4O4S. The fourth-order valence-corrected chi connectivity index (χ4v) is 4.53. The minimum Gasteiger partial charge on any atom is -0.385 e. The summed E-state index contributed by atoms with van der Waals surface area (Å²) in [6.45, 7) is 4.75. The standard InChI is InChI=1S/C20H30N4O4S/c1-28-13-4-7-21-18(25)15-22-9-11-23(12-10-22)19(26)16-5-2-8-24(16)20(27)17-6-3-14-29-17/h3,6,14,16H,2,4-5,7-13,15H2,1H3,(H,21,25)/t16-/m0/s1. The average molecular weight is 423 g/mol. The molecule has 1 aromatic heterocycles. The van der Waals surface area contributed by atoms with Crippen LogP contribution in [0.4, 0.5) is 0 Å². The van der Waals surface area contributed by atoms with Crippen LogP contribution in [0.3, 0.4) is 0 Å². The summed E-state index contributed by atoms with van der Waals surface area (Å²) in [6.07, 6.45) is 2.38. The number of methoxy groups -OCH3 is 1. The van der Waals surface area contributed by atoms with Gasteiger partial charge in [0.15, 0.2) is 0 Å². The quantitative estimate of drug-likeness (QED) is 0.622. The summed E-state index contributed by atoms with van der Waals surface area (Å²) in [5.74, 6) is 0.0000884. The minimum absolute atomic E-state index is 0.00407. The van der Waals surface area contributed by atoms with Crippen molar-refractivity contribution in [3.8, 4) is 0 Å². The molecule has 2 aliphatic rings. The Bertz CT molecular complexity index is 689. The van der Waals surface area contributed by atoms with Crippen molar-refractivity contribution in [1.29, 1.82) is 0 Å². The third-order valence-electron chi connectivity index (χ3n) is 5.43. The smallest absolute Gasteiger partial charge is 0.264 e. The molecule has 3 amide bonds. The molecule has 9 heteroatoms. The first kappa shape index (κ1) is 21.7. The van der Waals surface area contributed by atoms with Crippen molar-refractivity contribution in [2.75, 3.05) is 59.5 Å². The number of hydrogen-bond acceptors (Lipinski definition) is 6. The third kappa shape index (κ3) is 5.77. The summed E-state index contributed by atoms with van der Waals surface area (Å²) in [4.78, 5) is 44.1. The Hall–Kier alpha value is -1.97. The van der Waals surface area contributed by atoms with Crippen molar-refractivity contribution in [3.63, 3.8) is 0 Å². The van der Waals surface area contributed by atoms with Gasteiger partial charge in [0.1, 0.15) is 6.04 Å². The van der Waals surface area contributed by atoms with Gasteiger partial charge < -0.3 is 19.9 Å². The molecular weight excluding hydrogens is 392 g/mol. The number of nitrogens with one attached hydrogen (secondary N) is 1. The van der Waals surface area contributed by atoms with Gasteiger partial charge in [-0.15, -0.1) is 11.3 Å². The van der Waals surface area contributed by atoms with Gasteiger partial charge in [0, 0.05) is 53.0 Å². The van der Waals surface area contributed by atoms with Crippen LogP contribution in [-0.2, 0) is 14.3 Å². The first-order valence-corrected chi connectivity index (χ1v) is 11.1. The van der Waals surface area contributed by atoms with Crippen LogP contribution in [0.2, 0.25) is 0 Å². The SMILES string of the molecule is COCCCNC(=O)CN1CCN(C(=O)[C@@H]2CCCN2C(=O)c2cccs2)CC1. The van der Waals surface area contributed by atoms with E-state index in [1.165, 1.54) is 11.3 Å². The first-order chi connectivity index (χ1) is 14.1. The van der Waals surface area contributed by atoms with Gasteiger partial charge in [-0.3, -0.25) is 19.3 Å². The van der Waals surface area contributed by atoms with E-state index >= 15 is 0 Å². The Balaban J connectivity index is 1.44. The molecule has 8 nitrogen and oxygen atoms in total. The van der Waals surface area contributed by atoms with Gasteiger partial charge >= 0.3 is 0 Å². The van der Waals surface area contributed by atoms with E-state index in [1.807, 2.05) is 22.4 Å². The normalized spacial score (nSPS) is 20.1. The molecule has 3 rings (SSSR count). The number of likely N-dealkylation sites (tertiary alicyclic amines) is 1. The second-order valence-corrected chi connectivity index (χ2v) is 8.38. The highest BCUT2D eigenvalue weighted by molar-refractivity contribution is 7.12. The van der Waals surface area contributed by atoms with Gasteiger partial charge in [-0.25, -0.2) is 0 Å². The molecule has 1 N–H and O–H groups in total. The third-order valence-corrected chi connectivity index (χ3v) is 6.29. The molecule has 2 saturated heterocycles. The zero-order valence-corrected chi connectivity index (χ0v) is 17.8. The lowest BCUT2D eigenvalue weighted by atomic mass is 10.1. The van der Waals surface area contributed by atoms with Crippen molar-refractivity contribution in [2.24, 2.45) is 0 Å². The molecule has 2 fully saturated rings. The zero-order valence-electron chi connectivity index (χ0n) is 17.0. The van der Waals surface area contributed by atoms with Crippen molar-refractivity contribution in [3.05, 3.63) is 22.4 Å². The van der Waals surface area contributed by atoms with Crippen molar-refractivity contribution >= 4 is 29.1 Å². The average Bonchev–Trinajstić information content (AvgIpc) is 3.43. The first-order valence-electron chi connectivity index (χ1n) is 10.2. The molecule has 1 atom stereocenters. The molecule has 3 heterocycles. The van der Waals surface area contributed by atoms with Crippen LogP contribution in [0.15, 0.2) is 17.5 Å². The van der Waals surface area contributed by atoms with E-state index in [2.05, 4.69) is 10.2 Å². The maximum Gasteiger partial charge on any atom is 0.264 e. The number of thiophene rings is 1. The van der Waals surface area contributed by atoms with Gasteiger partial charge in [0.25, 0.3) is 5.91 Å². The largest absolute Gasteiger partial charge is 0.385 e. The molecule has 0 bridgehead atoms. The van der Waals surface area contributed by atoms with E-state index in [0.29, 0.717) is 57.3 Å². The van der Waals surface area contributed by atoms with Crippen LogP contribution in [-0.4, -0.2) is 98.0 Å². The fourth-order valence-electron chi connectivity index (χ4n) is 3.85. The molecule has 1 aromatic rings. The van der Waals surface area contributed by atoms with Crippen molar-refractivity contribution in [2.45, 2.75) is 25.3 Å². The van der Waals surface area contributed by atoms with E-state index in [9.17, 15) is 14.4 Å². The maximum absolute atomic E-state index is 13.0. The fraction of sp³-hybridized carbons (Fsp3) is 0.650. The highest BCUT2D eigenvalue weighted by atomic mass is 32.1. The second-order valence-electron chi connectivity index (χ2n) is 7.43. The Kier molecular flexibility index (Phi) is 8.02. The van der Waals surface area contributed by atoms with Crippen molar-refractivity contribution in [1.82, 2.24) is 20.0 Å². The Morgan fingerprint density at radius 3 is 2.69 bits per heavy atom. The second kappa shape index (κ2) is 10.7. The summed E-state index contributed by atoms with van der Waals surface area (Å²) in [7, 11) is 1.64. The number of nitrogens with zero attached hydrogens (tertiary/aromatic N) is 3. The highest BCUT2D eigenvalue weighted by Crippen LogP contribution is 2.24. The van der Waals surface area contributed by atoms with Crippen LogP contribution in [0, 0.1) is 0 Å². The molecule has 0 saturated carbocycles. The topological polar surface area (TPSA) is 82.2 Å². The number of carbonyl (C=O) groups excluding carboxylic acids is 3. The zero-order chi connectivity index (χ0) is 20.6. The van der Waals surface area contributed by atoms with E-state index in [-0.39, 0.29) is 23.8 Å². The van der Waals surface area contributed by atoms with Gasteiger partial charge in [-0.2, -0.15) is 0 Å². The molecule has 160 valence electrons. The van der Waals surface area contributed by atoms with Crippen LogP contribution in [0.5, 0.6) is 0 Å². The molecule has 0 radical (unpaired) electrons. The Morgan fingerprint density at radius 1 is 1.21 bits per heavy atom. The van der Waals surface area contributed by atoms with Gasteiger partial charge in [-0.05, 0) is 30.7 Å². The molecule has 29 heavy (non-hydrogen) atoms. The van der Waals surface area contributed by atoms with Crippen molar-refractivity contribution < 1.29 is 19.1 Å². The molecule has 0 aliphatic carbocycles. The summed E-state index contributed by atoms with van der Waals surface area (Å²) < 4.78 is 4.97. The van der Waals surface area contributed by atoms with Gasteiger partial charge in [0.2, 0.25) is 11.8 Å². The van der Waals surface area contributed by atoms with E-state index in [1.54, 1.807) is 12.0 Å². The van der Waals surface area contributed by atoms with Crippen LogP contribution < -0.4 is 5.32 Å². The van der Waals surface area contributed by atoms with E-state index in [4.69, 9.17) is 4.74 Å². The molecule has 0 spiro atoms. The van der Waals surface area contributed by atoms with E-state index in [0.717, 1.165) is 19.3 Å². The lowest BCUT2D eigenvalue weighted by Crippen LogP contribution is -2.55. The van der Waals surface area contributed by atoms with Crippen LogP contribution >= 0.6 is 11.3 Å². The number of hydrogen-bond donors (Lipinski definition) is 1. The summed E-state index contributed by atoms with van der Waals surface area (Å²) >= 11 is 1.41. The lowest BCUT2D eigenvalue weighted by Gasteiger charge is -2.37. The molecule has 0 unspecified atom stereocenters. The number of rotatable bonds is 8. The highest BCUT2D eigenvalue weighted by Gasteiger charge is 2.38. The number of piperazine rings is 1. The van der Waals surface area contributed by atoms with Crippen LogP contribution in [0.25, 0.3) is 0 Å². The maximum atomic E-state index is 13.0. The number of carbonyl (C=O) groups is 3. The van der Waals surface area contributed by atoms with Gasteiger partial charge in [0.05, 0.1) is 11.4 Å². The summed E-state index contributed by atoms with van der Waals surface area (Å²) in [6, 6.07) is 3.31. The predicted octanol–water partition coefficient (Wildman–Crippen LogP) is 0.650. The Labute approximate surface area is 175 Å². The van der Waals surface area contributed by atoms with Crippen LogP contribution in [0.1, 0.15) is 28.9 Å². The van der Waals surface area contributed by atoms with Gasteiger partial charge in [-0.1, -0.05) is 6.07 Å².